The number of nitrogens with zero attached hydrogens (tertiary/aromatic N) is 3. The van der Waals surface area contributed by atoms with E-state index in [0.717, 1.165) is 39.3 Å². The highest BCUT2D eigenvalue weighted by atomic mass is 19.1. The van der Waals surface area contributed by atoms with Crippen LogP contribution in [-0.4, -0.2) is 14.8 Å². The van der Waals surface area contributed by atoms with Crippen LogP contribution in [0.1, 0.15) is 34.4 Å². The Morgan fingerprint density at radius 1 is 0.968 bits per heavy atom. The maximum absolute atomic E-state index is 14.2. The van der Waals surface area contributed by atoms with E-state index in [2.05, 4.69) is 40.5 Å². The predicted octanol–water partition coefficient (Wildman–Crippen LogP) is 5.29. The number of halogens is 1. The van der Waals surface area contributed by atoms with Crippen molar-refractivity contribution in [3.63, 3.8) is 0 Å². The molecular weight excluding hydrogens is 391 g/mol. The zero-order valence-corrected chi connectivity index (χ0v) is 16.8. The van der Waals surface area contributed by atoms with E-state index in [-0.39, 0.29) is 11.9 Å². The lowest BCUT2D eigenvalue weighted by Gasteiger charge is -2.39. The number of benzene rings is 3. The zero-order chi connectivity index (χ0) is 20.9. The molecule has 0 bridgehead atoms. The molecule has 3 heterocycles. The molecule has 6 rings (SSSR count). The van der Waals surface area contributed by atoms with Crippen LogP contribution in [0.2, 0.25) is 0 Å². The number of fused-ring (bicyclic) bond motifs is 3. The molecule has 4 aromatic rings. The second kappa shape index (κ2) is 6.80. The Balaban J connectivity index is 1.65. The lowest BCUT2D eigenvalue weighted by Crippen LogP contribution is -2.32. The molecule has 1 aromatic heterocycles. The Kier molecular flexibility index (Phi) is 3.93. The Morgan fingerprint density at radius 2 is 1.81 bits per heavy atom. The van der Waals surface area contributed by atoms with Crippen molar-refractivity contribution in [2.75, 3.05) is 5.32 Å². The van der Waals surface area contributed by atoms with Crippen LogP contribution in [0.25, 0.3) is 5.70 Å². The predicted molar refractivity (Wildman–Crippen MR) is 116 cm³/mol. The van der Waals surface area contributed by atoms with Gasteiger partial charge in [-0.1, -0.05) is 54.1 Å². The van der Waals surface area contributed by atoms with Crippen molar-refractivity contribution in [2.24, 2.45) is 0 Å². The standard InChI is InChI=1S/C25H19FN4O/c1-15-10-11-20-19(12-15)22-21(24(31-20)17-8-5-9-18(26)13-17)23(16-6-3-2-4-7-16)30-25(29-22)27-14-28-30/h2-14,23-24H,1H3,(H,27,28,29)/t23-,24-/m1/s1. The molecule has 0 saturated heterocycles. The molecule has 0 fully saturated rings. The molecule has 0 spiro atoms. The number of aromatic nitrogens is 3. The number of ether oxygens (including phenoxy) is 1. The molecule has 2 aliphatic rings. The Hall–Kier alpha value is -3.93. The largest absolute Gasteiger partial charge is 0.480 e. The van der Waals surface area contributed by atoms with Crippen molar-refractivity contribution in [2.45, 2.75) is 19.1 Å². The second-order valence-electron chi connectivity index (χ2n) is 7.85. The van der Waals surface area contributed by atoms with Crippen LogP contribution in [0.3, 0.4) is 0 Å². The van der Waals surface area contributed by atoms with Gasteiger partial charge in [-0.3, -0.25) is 0 Å². The van der Waals surface area contributed by atoms with Crippen LogP contribution in [0.4, 0.5) is 10.3 Å². The molecule has 0 radical (unpaired) electrons. The number of rotatable bonds is 2. The molecule has 2 aliphatic heterocycles. The number of hydrogen-bond donors (Lipinski definition) is 1. The van der Waals surface area contributed by atoms with Gasteiger partial charge in [0.25, 0.3) is 0 Å². The summed E-state index contributed by atoms with van der Waals surface area (Å²) in [6.45, 7) is 2.05. The van der Waals surface area contributed by atoms with Gasteiger partial charge >= 0.3 is 0 Å². The highest BCUT2D eigenvalue weighted by molar-refractivity contribution is 5.85. The Labute approximate surface area is 178 Å². The van der Waals surface area contributed by atoms with E-state index in [1.54, 1.807) is 12.4 Å². The van der Waals surface area contributed by atoms with E-state index in [4.69, 9.17) is 4.74 Å². The third-order valence-corrected chi connectivity index (χ3v) is 5.84. The van der Waals surface area contributed by atoms with Crippen molar-refractivity contribution >= 4 is 11.6 Å². The fourth-order valence-corrected chi connectivity index (χ4v) is 4.48. The Bertz CT molecular complexity index is 1330. The second-order valence-corrected chi connectivity index (χ2v) is 7.85. The van der Waals surface area contributed by atoms with Gasteiger partial charge in [0.1, 0.15) is 30.0 Å². The van der Waals surface area contributed by atoms with E-state index in [9.17, 15) is 4.39 Å². The third-order valence-electron chi connectivity index (χ3n) is 5.84. The lowest BCUT2D eigenvalue weighted by atomic mass is 9.84. The third kappa shape index (κ3) is 2.83. The van der Waals surface area contributed by atoms with Crippen LogP contribution in [0.5, 0.6) is 5.75 Å². The minimum absolute atomic E-state index is 0.239. The molecule has 6 heteroatoms. The first-order chi connectivity index (χ1) is 15.2. The number of aryl methyl sites for hydroxylation is 1. The molecule has 0 aliphatic carbocycles. The van der Waals surface area contributed by atoms with Gasteiger partial charge in [0.15, 0.2) is 0 Å². The van der Waals surface area contributed by atoms with Crippen LogP contribution >= 0.6 is 0 Å². The summed E-state index contributed by atoms with van der Waals surface area (Å²) in [5, 5.41) is 7.98. The smallest absolute Gasteiger partial charge is 0.226 e. The van der Waals surface area contributed by atoms with Crippen LogP contribution in [0.15, 0.2) is 84.7 Å². The van der Waals surface area contributed by atoms with Gasteiger partial charge < -0.3 is 10.1 Å². The summed E-state index contributed by atoms with van der Waals surface area (Å²) in [6, 6.07) is 22.6. The lowest BCUT2D eigenvalue weighted by molar-refractivity contribution is 0.222. The molecule has 1 N–H and O–H groups in total. The van der Waals surface area contributed by atoms with E-state index < -0.39 is 6.10 Å². The molecular formula is C25H19FN4O. The topological polar surface area (TPSA) is 52.0 Å². The normalized spacial score (nSPS) is 19.0. The van der Waals surface area contributed by atoms with Crippen LogP contribution in [0, 0.1) is 12.7 Å². The quantitative estimate of drug-likeness (QED) is 0.488. The summed E-state index contributed by atoms with van der Waals surface area (Å²) in [5.74, 6) is 1.13. The van der Waals surface area contributed by atoms with Crippen molar-refractivity contribution in [3.05, 3.63) is 113 Å². The van der Waals surface area contributed by atoms with Crippen LogP contribution < -0.4 is 10.1 Å². The van der Waals surface area contributed by atoms with Gasteiger partial charge in [0.05, 0.1) is 5.70 Å². The first-order valence-electron chi connectivity index (χ1n) is 10.2. The summed E-state index contributed by atoms with van der Waals surface area (Å²) >= 11 is 0. The summed E-state index contributed by atoms with van der Waals surface area (Å²) in [5.41, 5.74) is 5.83. The molecule has 0 unspecified atom stereocenters. The fourth-order valence-electron chi connectivity index (χ4n) is 4.48. The van der Waals surface area contributed by atoms with Crippen molar-refractivity contribution in [3.8, 4) is 5.75 Å². The highest BCUT2D eigenvalue weighted by Crippen LogP contribution is 2.50. The monoisotopic (exact) mass is 410 g/mol. The molecule has 0 amide bonds. The van der Waals surface area contributed by atoms with E-state index >= 15 is 0 Å². The summed E-state index contributed by atoms with van der Waals surface area (Å²) in [4.78, 5) is 4.44. The van der Waals surface area contributed by atoms with Crippen LogP contribution in [-0.2, 0) is 0 Å². The molecule has 2 atom stereocenters. The average Bonchev–Trinajstić information content (AvgIpc) is 3.26. The van der Waals surface area contributed by atoms with Gasteiger partial charge in [-0.25, -0.2) is 9.07 Å². The van der Waals surface area contributed by atoms with Gasteiger partial charge in [-0.05, 0) is 42.3 Å². The SMILES string of the molecule is Cc1ccc2c(c1)C1=C([C@@H](c3cccc(F)c3)O2)[C@@H](c2ccccc2)n2ncnc2N1. The maximum Gasteiger partial charge on any atom is 0.226 e. The Morgan fingerprint density at radius 3 is 2.65 bits per heavy atom. The number of anilines is 1. The molecule has 0 saturated carbocycles. The number of hydrogen-bond acceptors (Lipinski definition) is 4. The number of nitrogens with one attached hydrogen (secondary N) is 1. The van der Waals surface area contributed by atoms with Crippen molar-refractivity contribution in [1.82, 2.24) is 14.8 Å². The van der Waals surface area contributed by atoms with Gasteiger partial charge in [-0.2, -0.15) is 10.1 Å². The highest BCUT2D eigenvalue weighted by Gasteiger charge is 2.40. The van der Waals surface area contributed by atoms with Crippen molar-refractivity contribution in [1.29, 1.82) is 0 Å². The molecule has 31 heavy (non-hydrogen) atoms. The molecule has 152 valence electrons. The summed E-state index contributed by atoms with van der Waals surface area (Å²) < 4.78 is 22.6. The van der Waals surface area contributed by atoms with Crippen molar-refractivity contribution < 1.29 is 9.13 Å². The fraction of sp³-hybridized carbons (Fsp3) is 0.120. The minimum atomic E-state index is -0.476. The minimum Gasteiger partial charge on any atom is -0.480 e. The van der Waals surface area contributed by atoms with Gasteiger partial charge in [-0.15, -0.1) is 0 Å². The van der Waals surface area contributed by atoms with E-state index in [0.29, 0.717) is 5.95 Å². The zero-order valence-electron chi connectivity index (χ0n) is 16.8. The average molecular weight is 410 g/mol. The summed E-state index contributed by atoms with van der Waals surface area (Å²) in [7, 11) is 0. The molecule has 3 aromatic carbocycles. The maximum atomic E-state index is 14.2. The first-order valence-corrected chi connectivity index (χ1v) is 10.2. The van der Waals surface area contributed by atoms with E-state index in [1.807, 2.05) is 41.1 Å². The van der Waals surface area contributed by atoms with Gasteiger partial charge in [0.2, 0.25) is 5.95 Å². The van der Waals surface area contributed by atoms with E-state index in [1.165, 1.54) is 12.1 Å². The molecule has 5 nitrogen and oxygen atoms in total. The first kappa shape index (κ1) is 17.9. The van der Waals surface area contributed by atoms with Gasteiger partial charge in [0, 0.05) is 11.1 Å². The summed E-state index contributed by atoms with van der Waals surface area (Å²) in [6.07, 6.45) is 1.07.